The molecule has 8 nitrogen and oxygen atoms in total. The minimum Gasteiger partial charge on any atom is -0.463 e. The molecule has 1 aromatic rings. The maximum absolute atomic E-state index is 12.8. The Bertz CT molecular complexity index is 655. The van der Waals surface area contributed by atoms with Crippen molar-refractivity contribution in [1.82, 2.24) is 4.98 Å². The molecule has 0 saturated heterocycles. The fourth-order valence-electron chi connectivity index (χ4n) is 1.51. The number of rotatable bonds is 10. The summed E-state index contributed by atoms with van der Waals surface area (Å²) in [6.07, 6.45) is -6.44. The first-order valence-corrected chi connectivity index (χ1v) is 7.93. The minimum atomic E-state index is -3.34. The lowest BCUT2D eigenvalue weighted by atomic mass is 10.3. The van der Waals surface area contributed by atoms with E-state index in [1.807, 2.05) is 0 Å². The molecule has 0 aliphatic carbocycles. The predicted octanol–water partition coefficient (Wildman–Crippen LogP) is 2.34. The van der Waals surface area contributed by atoms with E-state index in [0.717, 1.165) is 0 Å². The molecule has 0 aromatic carbocycles. The van der Waals surface area contributed by atoms with E-state index in [2.05, 4.69) is 35.7 Å². The first kappa shape index (κ1) is 21.9. The summed E-state index contributed by atoms with van der Waals surface area (Å²) in [7, 11) is 0. The van der Waals surface area contributed by atoms with Crippen molar-refractivity contribution in [2.45, 2.75) is 24.6 Å². The van der Waals surface area contributed by atoms with Crippen LogP contribution in [0.1, 0.15) is 29.6 Å². The van der Waals surface area contributed by atoms with E-state index in [-0.39, 0.29) is 13.2 Å². The van der Waals surface area contributed by atoms with Crippen LogP contribution >= 0.6 is 15.9 Å². The molecule has 0 amide bonds. The minimum absolute atomic E-state index is 0.0635. The van der Waals surface area contributed by atoms with Crippen molar-refractivity contribution < 1.29 is 45.8 Å². The van der Waals surface area contributed by atoms with Crippen molar-refractivity contribution in [2.75, 3.05) is 25.1 Å². The zero-order chi connectivity index (χ0) is 19.9. The van der Waals surface area contributed by atoms with Crippen molar-refractivity contribution in [1.29, 1.82) is 0 Å². The second-order valence-electron chi connectivity index (χ2n) is 4.41. The second-order valence-corrected chi connectivity index (χ2v) is 5.33. The van der Waals surface area contributed by atoms with Crippen LogP contribution in [0, 0.1) is 0 Å². The molecule has 1 heterocycles. The Labute approximate surface area is 152 Å². The fraction of sp³-hybridized carbons (Fsp3) is 0.538. The summed E-state index contributed by atoms with van der Waals surface area (Å²) in [6.45, 7) is 0.768. The highest BCUT2D eigenvalue weighted by molar-refractivity contribution is 9.10. The highest BCUT2D eigenvalue weighted by Crippen LogP contribution is 2.26. The van der Waals surface area contributed by atoms with Gasteiger partial charge in [-0.3, -0.25) is 9.59 Å². The van der Waals surface area contributed by atoms with Gasteiger partial charge in [0.05, 0.1) is 13.2 Å². The van der Waals surface area contributed by atoms with E-state index >= 15 is 0 Å². The van der Waals surface area contributed by atoms with E-state index in [9.17, 15) is 31.9 Å². The van der Waals surface area contributed by atoms with Crippen molar-refractivity contribution in [3.63, 3.8) is 0 Å². The molecule has 26 heavy (non-hydrogen) atoms. The number of carbonyl (C=O) groups excluding carboxylic acids is 3. The van der Waals surface area contributed by atoms with Gasteiger partial charge >= 0.3 is 11.9 Å². The van der Waals surface area contributed by atoms with E-state index < -0.39 is 59.5 Å². The zero-order valence-electron chi connectivity index (χ0n) is 13.1. The number of anilines is 1. The molecule has 1 aromatic heterocycles. The smallest absolute Gasteiger partial charge is 0.376 e. The molecule has 1 atom stereocenters. The molecule has 1 N–H and O–H groups in total. The number of hydrogen-bond donors (Lipinski definition) is 1. The third kappa shape index (κ3) is 5.97. The molecular formula is C13H13BrF4N2O6. The average Bonchev–Trinajstić information content (AvgIpc) is 3.02. The van der Waals surface area contributed by atoms with Crippen LogP contribution in [0.15, 0.2) is 4.42 Å². The number of esters is 2. The van der Waals surface area contributed by atoms with Gasteiger partial charge < -0.3 is 19.2 Å². The number of ether oxygens (including phenoxy) is 2. The first-order chi connectivity index (χ1) is 12.2. The van der Waals surface area contributed by atoms with Crippen molar-refractivity contribution >= 4 is 39.7 Å². The van der Waals surface area contributed by atoms with Crippen LogP contribution in [0.4, 0.5) is 23.6 Å². The maximum atomic E-state index is 12.8. The van der Waals surface area contributed by atoms with Crippen LogP contribution in [0.3, 0.4) is 0 Å². The molecule has 0 fully saturated rings. The number of halogens is 5. The predicted molar refractivity (Wildman–Crippen MR) is 80.6 cm³/mol. The zero-order valence-corrected chi connectivity index (χ0v) is 14.7. The summed E-state index contributed by atoms with van der Waals surface area (Å²) in [5.74, 6) is -4.80. The topological polar surface area (TPSA) is 108 Å². The number of alkyl halides is 5. The van der Waals surface area contributed by atoms with Gasteiger partial charge in [-0.25, -0.2) is 22.4 Å². The summed E-state index contributed by atoms with van der Waals surface area (Å²) >= 11 is 2.48. The van der Waals surface area contributed by atoms with Crippen LogP contribution in [-0.4, -0.2) is 53.7 Å². The van der Waals surface area contributed by atoms with E-state index in [1.54, 1.807) is 0 Å². The van der Waals surface area contributed by atoms with E-state index in [0.29, 0.717) is 0 Å². The van der Waals surface area contributed by atoms with Crippen LogP contribution in [0.25, 0.3) is 0 Å². The Balaban J connectivity index is 2.58. The summed E-state index contributed by atoms with van der Waals surface area (Å²) in [5, 5.41) is 2.36. The number of nitrogens with one attached hydrogen (secondary N) is 1. The number of nitrogens with zero attached hydrogens (tertiary/aromatic N) is 1. The normalized spacial score (nSPS) is 12.2. The molecule has 0 radical (unpaired) electrons. The van der Waals surface area contributed by atoms with Crippen molar-refractivity contribution in [2.24, 2.45) is 0 Å². The quantitative estimate of drug-likeness (QED) is 0.191. The average molecular weight is 449 g/mol. The molecular weight excluding hydrogens is 436 g/mol. The van der Waals surface area contributed by atoms with Gasteiger partial charge in [0, 0.05) is 0 Å². The van der Waals surface area contributed by atoms with Crippen molar-refractivity contribution in [3.8, 4) is 0 Å². The highest BCUT2D eigenvalue weighted by atomic mass is 79.9. The van der Waals surface area contributed by atoms with Crippen LogP contribution < -0.4 is 5.32 Å². The summed E-state index contributed by atoms with van der Waals surface area (Å²) in [4.78, 5) is 35.3. The largest absolute Gasteiger partial charge is 0.463 e. The summed E-state index contributed by atoms with van der Waals surface area (Å²) in [5.41, 5.74) is -0.925. The molecule has 1 rings (SSSR count). The highest BCUT2D eigenvalue weighted by Gasteiger charge is 2.31. The van der Waals surface area contributed by atoms with Gasteiger partial charge in [-0.2, -0.15) is 4.98 Å². The Morgan fingerprint density at radius 2 is 1.88 bits per heavy atom. The van der Waals surface area contributed by atoms with Gasteiger partial charge in [-0.15, -0.1) is 0 Å². The third-order valence-electron chi connectivity index (χ3n) is 2.62. The molecule has 1 unspecified atom stereocenters. The van der Waals surface area contributed by atoms with Gasteiger partial charge in [0.2, 0.25) is 11.5 Å². The second kappa shape index (κ2) is 10.1. The van der Waals surface area contributed by atoms with Gasteiger partial charge in [-0.05, 0) is 6.92 Å². The van der Waals surface area contributed by atoms with Gasteiger partial charge in [0.25, 0.3) is 18.9 Å². The monoisotopic (exact) mass is 448 g/mol. The van der Waals surface area contributed by atoms with Crippen LogP contribution in [0.5, 0.6) is 0 Å². The third-order valence-corrected chi connectivity index (χ3v) is 3.44. The fourth-order valence-corrected chi connectivity index (χ4v) is 1.84. The van der Waals surface area contributed by atoms with Gasteiger partial charge in [-0.1, -0.05) is 15.9 Å². The Hall–Kier alpha value is -2.18. The Morgan fingerprint density at radius 3 is 2.42 bits per heavy atom. The lowest BCUT2D eigenvalue weighted by Gasteiger charge is -2.08. The lowest BCUT2D eigenvalue weighted by molar-refractivity contribution is -0.147. The summed E-state index contributed by atoms with van der Waals surface area (Å²) < 4.78 is 63.9. The van der Waals surface area contributed by atoms with Crippen LogP contribution in [0.2, 0.25) is 0 Å². The number of hydrogen-bond acceptors (Lipinski definition) is 8. The van der Waals surface area contributed by atoms with Crippen molar-refractivity contribution in [3.05, 3.63) is 11.5 Å². The molecule has 0 aliphatic heterocycles. The number of Topliss-reactive ketones (excluding diaryl/α,β-unsaturated/α-hetero) is 1. The van der Waals surface area contributed by atoms with Gasteiger partial charge in [0.1, 0.15) is 6.61 Å². The Morgan fingerprint density at radius 1 is 1.23 bits per heavy atom. The summed E-state index contributed by atoms with van der Waals surface area (Å²) in [6, 6.07) is -0.460. The number of ketones is 1. The Kier molecular flexibility index (Phi) is 8.48. The molecule has 0 spiro atoms. The van der Waals surface area contributed by atoms with Gasteiger partial charge in [0.15, 0.2) is 10.5 Å². The number of carbonyl (C=O) groups is 3. The SMILES string of the molecule is CCOC(=O)c1oc(NCCOC(=O)C(Br)C(=O)C(F)F)nc1C(F)F. The van der Waals surface area contributed by atoms with E-state index in [4.69, 9.17) is 4.42 Å². The lowest BCUT2D eigenvalue weighted by Crippen LogP contribution is -2.31. The number of aromatic nitrogens is 1. The van der Waals surface area contributed by atoms with E-state index in [1.165, 1.54) is 6.92 Å². The molecule has 0 bridgehead atoms. The van der Waals surface area contributed by atoms with Crippen LogP contribution in [-0.2, 0) is 19.1 Å². The molecule has 146 valence electrons. The molecule has 0 saturated carbocycles. The molecule has 13 heteroatoms. The maximum Gasteiger partial charge on any atom is 0.376 e. The first-order valence-electron chi connectivity index (χ1n) is 7.01. The standard InChI is InChI=1S/C13H13BrF4N2O6/c1-2-24-12(23)8-6(9(15)16)20-13(26-8)19-3-4-25-11(22)5(14)7(21)10(17)18/h5,9-10H,2-4H2,1H3,(H,19,20). The number of oxazole rings is 1. The molecule has 0 aliphatic rings.